The zero-order chi connectivity index (χ0) is 18.2. The van der Waals surface area contributed by atoms with Crippen molar-refractivity contribution in [2.45, 2.75) is 38.3 Å². The monoisotopic (exact) mass is 386 g/mol. The highest BCUT2D eigenvalue weighted by atomic mass is 32.1. The average Bonchev–Trinajstić information content (AvgIpc) is 3.31. The zero-order valence-electron chi connectivity index (χ0n) is 15.3. The molecule has 0 amide bonds. The number of rotatable bonds is 4. The van der Waals surface area contributed by atoms with Gasteiger partial charge in [-0.2, -0.15) is 4.52 Å². The molecular weight excluding hydrogens is 364 g/mol. The first-order chi connectivity index (χ1) is 13.3. The largest absolute Gasteiger partial charge is 0.480 e. The second-order valence-corrected chi connectivity index (χ2v) is 8.20. The predicted octanol–water partition coefficient (Wildman–Crippen LogP) is 2.04. The van der Waals surface area contributed by atoms with E-state index in [1.807, 2.05) is 16.6 Å². The van der Waals surface area contributed by atoms with Crippen molar-refractivity contribution in [3.63, 3.8) is 0 Å². The third-order valence-corrected chi connectivity index (χ3v) is 6.38. The van der Waals surface area contributed by atoms with Gasteiger partial charge in [0.15, 0.2) is 11.5 Å². The minimum absolute atomic E-state index is 0.369. The molecule has 3 aromatic heterocycles. The van der Waals surface area contributed by atoms with Gasteiger partial charge in [-0.3, -0.25) is 4.90 Å². The molecular formula is C18H22N6O2S. The van der Waals surface area contributed by atoms with Crippen LogP contribution in [0.25, 0.3) is 5.65 Å². The molecule has 1 fully saturated rings. The van der Waals surface area contributed by atoms with Crippen LogP contribution in [0.3, 0.4) is 0 Å². The van der Waals surface area contributed by atoms with Gasteiger partial charge < -0.3 is 9.47 Å². The van der Waals surface area contributed by atoms with Crippen LogP contribution in [0.5, 0.6) is 5.88 Å². The Hall–Kier alpha value is -2.10. The SMILES string of the molecule is COc1ccc2nnc(C3CCN(Cc4nc5c(s4)COCC5)CC3)n2n1. The summed E-state index contributed by atoms with van der Waals surface area (Å²) in [5.41, 5.74) is 2.01. The van der Waals surface area contributed by atoms with Crippen LogP contribution in [0.1, 0.15) is 40.2 Å². The Bertz CT molecular complexity index is 923. The van der Waals surface area contributed by atoms with Crippen molar-refractivity contribution in [1.82, 2.24) is 29.7 Å². The van der Waals surface area contributed by atoms with E-state index in [-0.39, 0.29) is 0 Å². The molecule has 0 atom stereocenters. The molecule has 2 aliphatic rings. The summed E-state index contributed by atoms with van der Waals surface area (Å²) in [4.78, 5) is 8.61. The van der Waals surface area contributed by atoms with E-state index in [0.717, 1.165) is 63.6 Å². The van der Waals surface area contributed by atoms with Gasteiger partial charge in [0.05, 0.1) is 37.4 Å². The maximum absolute atomic E-state index is 5.53. The summed E-state index contributed by atoms with van der Waals surface area (Å²) in [7, 11) is 1.62. The maximum Gasteiger partial charge on any atom is 0.231 e. The Kier molecular flexibility index (Phi) is 4.50. The van der Waals surface area contributed by atoms with Gasteiger partial charge in [0.25, 0.3) is 0 Å². The van der Waals surface area contributed by atoms with Gasteiger partial charge in [-0.05, 0) is 32.0 Å². The van der Waals surface area contributed by atoms with Crippen molar-refractivity contribution in [3.05, 3.63) is 33.5 Å². The normalized spacial score (nSPS) is 18.7. The van der Waals surface area contributed by atoms with Crippen molar-refractivity contribution >= 4 is 17.0 Å². The highest BCUT2D eigenvalue weighted by molar-refractivity contribution is 7.11. The molecule has 0 bridgehead atoms. The fourth-order valence-electron chi connectivity index (χ4n) is 3.84. The number of hydrogen-bond donors (Lipinski definition) is 0. The highest BCUT2D eigenvalue weighted by Gasteiger charge is 2.26. The van der Waals surface area contributed by atoms with Gasteiger partial charge in [-0.15, -0.1) is 26.6 Å². The first kappa shape index (κ1) is 17.0. The summed E-state index contributed by atoms with van der Waals surface area (Å²) < 4.78 is 12.6. The van der Waals surface area contributed by atoms with Gasteiger partial charge in [0.2, 0.25) is 5.88 Å². The maximum atomic E-state index is 5.53. The Morgan fingerprint density at radius 2 is 2.15 bits per heavy atom. The van der Waals surface area contributed by atoms with Gasteiger partial charge in [0.1, 0.15) is 5.01 Å². The molecule has 0 unspecified atom stereocenters. The third kappa shape index (κ3) is 3.30. The molecule has 0 aliphatic carbocycles. The Morgan fingerprint density at radius 3 is 2.96 bits per heavy atom. The van der Waals surface area contributed by atoms with Crippen LogP contribution in [0.15, 0.2) is 12.1 Å². The smallest absolute Gasteiger partial charge is 0.231 e. The Labute approximate surface area is 161 Å². The van der Waals surface area contributed by atoms with E-state index < -0.39 is 0 Å². The van der Waals surface area contributed by atoms with Crippen LogP contribution in [-0.2, 0) is 24.3 Å². The molecule has 0 saturated carbocycles. The minimum Gasteiger partial charge on any atom is -0.480 e. The summed E-state index contributed by atoms with van der Waals surface area (Å²) >= 11 is 1.81. The fourth-order valence-corrected chi connectivity index (χ4v) is 4.93. The van der Waals surface area contributed by atoms with Gasteiger partial charge >= 0.3 is 0 Å². The summed E-state index contributed by atoms with van der Waals surface area (Å²) in [5.74, 6) is 1.89. The number of nitrogens with zero attached hydrogens (tertiary/aromatic N) is 6. The summed E-state index contributed by atoms with van der Waals surface area (Å²) in [6.07, 6.45) is 3.05. The molecule has 2 aliphatic heterocycles. The highest BCUT2D eigenvalue weighted by Crippen LogP contribution is 2.29. The number of aromatic nitrogens is 5. The number of likely N-dealkylation sites (tertiary alicyclic amines) is 1. The summed E-state index contributed by atoms with van der Waals surface area (Å²) in [5, 5.41) is 14.4. The van der Waals surface area contributed by atoms with E-state index in [1.165, 1.54) is 15.6 Å². The standard InChI is InChI=1S/C18H22N6O2S/c1-25-16-3-2-15-20-21-18(24(15)22-16)12-4-7-23(8-5-12)10-17-19-13-6-9-26-11-14(13)27-17/h2-3,12H,4-11H2,1H3. The van der Waals surface area contributed by atoms with Crippen molar-refractivity contribution in [3.8, 4) is 5.88 Å². The molecule has 0 aromatic carbocycles. The molecule has 1 saturated heterocycles. The number of thiazole rings is 1. The fraction of sp³-hybridized carbons (Fsp3) is 0.556. The summed E-state index contributed by atoms with van der Waals surface area (Å²) in [6.45, 7) is 4.52. The van der Waals surface area contributed by atoms with Gasteiger partial charge in [-0.1, -0.05) is 0 Å². The lowest BCUT2D eigenvalue weighted by Gasteiger charge is -2.30. The lowest BCUT2D eigenvalue weighted by atomic mass is 9.96. The van der Waals surface area contributed by atoms with Gasteiger partial charge in [0, 0.05) is 18.4 Å². The van der Waals surface area contributed by atoms with Crippen LogP contribution in [0.4, 0.5) is 0 Å². The average molecular weight is 386 g/mol. The van der Waals surface area contributed by atoms with Crippen LogP contribution in [-0.4, -0.2) is 56.5 Å². The molecule has 0 radical (unpaired) electrons. The van der Waals surface area contributed by atoms with Crippen molar-refractivity contribution in [2.75, 3.05) is 26.8 Å². The molecule has 0 spiro atoms. The van der Waals surface area contributed by atoms with E-state index in [0.29, 0.717) is 11.8 Å². The molecule has 5 heterocycles. The van der Waals surface area contributed by atoms with Crippen LogP contribution in [0, 0.1) is 0 Å². The molecule has 0 N–H and O–H groups in total. The molecule has 3 aromatic rings. The predicted molar refractivity (Wildman–Crippen MR) is 100 cm³/mol. The molecule has 9 heteroatoms. The van der Waals surface area contributed by atoms with Crippen LogP contribution in [0.2, 0.25) is 0 Å². The zero-order valence-corrected chi connectivity index (χ0v) is 16.1. The molecule has 5 rings (SSSR count). The first-order valence-electron chi connectivity index (χ1n) is 9.34. The van der Waals surface area contributed by atoms with Crippen molar-refractivity contribution < 1.29 is 9.47 Å². The number of ether oxygens (including phenoxy) is 2. The second kappa shape index (κ2) is 7.14. The quantitative estimate of drug-likeness (QED) is 0.679. The molecule has 142 valence electrons. The van der Waals surface area contributed by atoms with Crippen LogP contribution >= 0.6 is 11.3 Å². The van der Waals surface area contributed by atoms with E-state index in [9.17, 15) is 0 Å². The second-order valence-electron chi connectivity index (χ2n) is 7.03. The molecule has 27 heavy (non-hydrogen) atoms. The summed E-state index contributed by atoms with van der Waals surface area (Å²) in [6, 6.07) is 3.71. The van der Waals surface area contributed by atoms with E-state index in [4.69, 9.17) is 14.5 Å². The van der Waals surface area contributed by atoms with E-state index in [1.54, 1.807) is 18.4 Å². The van der Waals surface area contributed by atoms with Crippen molar-refractivity contribution in [2.24, 2.45) is 0 Å². The number of piperidine rings is 1. The Morgan fingerprint density at radius 1 is 1.26 bits per heavy atom. The van der Waals surface area contributed by atoms with Crippen molar-refractivity contribution in [1.29, 1.82) is 0 Å². The minimum atomic E-state index is 0.369. The Balaban J connectivity index is 1.26. The van der Waals surface area contributed by atoms with Gasteiger partial charge in [-0.25, -0.2) is 4.98 Å². The topological polar surface area (TPSA) is 77.7 Å². The number of fused-ring (bicyclic) bond motifs is 2. The lowest BCUT2D eigenvalue weighted by molar-refractivity contribution is 0.112. The first-order valence-corrected chi connectivity index (χ1v) is 10.2. The number of methoxy groups -OCH3 is 1. The van der Waals surface area contributed by atoms with E-state index in [2.05, 4.69) is 20.2 Å². The van der Waals surface area contributed by atoms with E-state index >= 15 is 0 Å². The molecule has 8 nitrogen and oxygen atoms in total. The number of hydrogen-bond acceptors (Lipinski definition) is 8. The van der Waals surface area contributed by atoms with Crippen LogP contribution < -0.4 is 4.74 Å². The lowest BCUT2D eigenvalue weighted by Crippen LogP contribution is -2.33. The third-order valence-electron chi connectivity index (χ3n) is 5.32.